The number of para-hydroxylation sites is 2. The summed E-state index contributed by atoms with van der Waals surface area (Å²) in [5.41, 5.74) is 5.42. The summed E-state index contributed by atoms with van der Waals surface area (Å²) in [5.74, 6) is 1.05. The normalized spacial score (nSPS) is 11.3. The number of aromatic nitrogens is 2. The summed E-state index contributed by atoms with van der Waals surface area (Å²) < 4.78 is 5.39. The number of hydrazone groups is 1. The fraction of sp³-hybridized carbons (Fsp3) is 0.125. The van der Waals surface area contributed by atoms with Crippen LogP contribution in [0.3, 0.4) is 0 Å². The van der Waals surface area contributed by atoms with E-state index in [1.165, 1.54) is 0 Å². The number of H-pyrrole nitrogens is 1. The molecule has 0 aliphatic carbocycles. The van der Waals surface area contributed by atoms with Crippen LogP contribution in [-0.2, 0) is 0 Å². The van der Waals surface area contributed by atoms with E-state index in [1.54, 1.807) is 18.3 Å². The van der Waals surface area contributed by atoms with Crippen molar-refractivity contribution < 1.29 is 4.74 Å². The van der Waals surface area contributed by atoms with E-state index in [0.717, 1.165) is 16.6 Å². The lowest BCUT2D eigenvalue weighted by Crippen LogP contribution is -1.96. The number of ether oxygens (including phenoxy) is 1. The molecule has 2 aromatic carbocycles. The molecule has 0 fully saturated rings. The number of rotatable bonds is 5. The lowest BCUT2D eigenvalue weighted by atomic mass is 10.2. The van der Waals surface area contributed by atoms with Crippen LogP contribution in [0.15, 0.2) is 41.5 Å². The summed E-state index contributed by atoms with van der Waals surface area (Å²) >= 11 is 12.3. The fourth-order valence-corrected chi connectivity index (χ4v) is 2.72. The molecule has 3 rings (SSSR count). The first-order valence-corrected chi connectivity index (χ1v) is 7.78. The molecular weight excluding hydrogens is 335 g/mol. The second-order valence-electron chi connectivity index (χ2n) is 4.72. The maximum atomic E-state index is 6.15. The molecule has 0 spiro atoms. The lowest BCUT2D eigenvalue weighted by molar-refractivity contribution is 0.340. The van der Waals surface area contributed by atoms with Gasteiger partial charge in [-0.1, -0.05) is 35.3 Å². The summed E-state index contributed by atoms with van der Waals surface area (Å²) in [6, 6.07) is 11.2. The molecular formula is C16H14Cl2N4O. The predicted octanol–water partition coefficient (Wildman–Crippen LogP) is 4.71. The molecule has 0 bridgehead atoms. The van der Waals surface area contributed by atoms with Gasteiger partial charge in [-0.3, -0.25) is 0 Å². The van der Waals surface area contributed by atoms with Crippen LogP contribution < -0.4 is 10.2 Å². The van der Waals surface area contributed by atoms with Crippen LogP contribution in [-0.4, -0.2) is 22.8 Å². The summed E-state index contributed by atoms with van der Waals surface area (Å²) in [4.78, 5) is 7.49. The van der Waals surface area contributed by atoms with E-state index in [-0.39, 0.29) is 0 Å². The molecule has 0 unspecified atom stereocenters. The van der Waals surface area contributed by atoms with Crippen LogP contribution in [0, 0.1) is 0 Å². The van der Waals surface area contributed by atoms with Gasteiger partial charge >= 0.3 is 0 Å². The smallest absolute Gasteiger partial charge is 0.222 e. The van der Waals surface area contributed by atoms with Crippen molar-refractivity contribution in [2.75, 3.05) is 12.0 Å². The summed E-state index contributed by atoms with van der Waals surface area (Å²) in [7, 11) is 0. The quantitative estimate of drug-likeness (QED) is 0.518. The van der Waals surface area contributed by atoms with Crippen LogP contribution in [0.25, 0.3) is 11.0 Å². The highest BCUT2D eigenvalue weighted by Crippen LogP contribution is 2.33. The van der Waals surface area contributed by atoms with E-state index < -0.39 is 0 Å². The molecule has 0 radical (unpaired) electrons. The molecule has 0 saturated heterocycles. The highest BCUT2D eigenvalue weighted by Gasteiger charge is 2.08. The second kappa shape index (κ2) is 6.89. The first kappa shape index (κ1) is 15.6. The number of fused-ring (bicyclic) bond motifs is 1. The number of aromatic amines is 1. The van der Waals surface area contributed by atoms with Crippen molar-refractivity contribution in [3.8, 4) is 5.75 Å². The Morgan fingerprint density at radius 1 is 1.26 bits per heavy atom. The van der Waals surface area contributed by atoms with E-state index in [2.05, 4.69) is 20.5 Å². The molecule has 0 saturated carbocycles. The molecule has 2 N–H and O–H groups in total. The zero-order chi connectivity index (χ0) is 16.2. The van der Waals surface area contributed by atoms with Crippen LogP contribution in [0.2, 0.25) is 10.0 Å². The van der Waals surface area contributed by atoms with E-state index in [9.17, 15) is 0 Å². The lowest BCUT2D eigenvalue weighted by Gasteiger charge is -2.08. The zero-order valence-corrected chi connectivity index (χ0v) is 13.8. The number of hydrogen-bond donors (Lipinski definition) is 2. The van der Waals surface area contributed by atoms with E-state index in [1.807, 2.05) is 31.2 Å². The topological polar surface area (TPSA) is 62.3 Å². The molecule has 0 aliphatic heterocycles. The highest BCUT2D eigenvalue weighted by atomic mass is 35.5. The molecule has 3 aromatic rings. The molecule has 5 nitrogen and oxygen atoms in total. The van der Waals surface area contributed by atoms with E-state index >= 15 is 0 Å². The van der Waals surface area contributed by atoms with Gasteiger partial charge < -0.3 is 9.72 Å². The first-order chi connectivity index (χ1) is 11.2. The predicted molar refractivity (Wildman–Crippen MR) is 94.9 cm³/mol. The number of nitrogens with one attached hydrogen (secondary N) is 2. The Morgan fingerprint density at radius 3 is 2.70 bits per heavy atom. The van der Waals surface area contributed by atoms with Gasteiger partial charge in [0, 0.05) is 0 Å². The molecule has 0 amide bonds. The Bertz CT molecular complexity index is 804. The minimum atomic E-state index is 0.449. The average molecular weight is 349 g/mol. The first-order valence-electron chi connectivity index (χ1n) is 7.03. The van der Waals surface area contributed by atoms with E-state index in [0.29, 0.717) is 28.3 Å². The number of benzene rings is 2. The van der Waals surface area contributed by atoms with Crippen molar-refractivity contribution in [1.82, 2.24) is 9.97 Å². The fourth-order valence-electron chi connectivity index (χ4n) is 2.11. The summed E-state index contributed by atoms with van der Waals surface area (Å²) in [5, 5.41) is 5.04. The maximum absolute atomic E-state index is 6.15. The van der Waals surface area contributed by atoms with Crippen molar-refractivity contribution in [3.63, 3.8) is 0 Å². The standard InChI is InChI=1S/C16H14Cl2N4O/c1-2-23-15-11(17)7-10(8-12(15)18)9-19-22-16-20-13-5-3-4-6-14(13)21-16/h3-9H,2H2,1H3,(H2,20,21,22)/b19-9-. The maximum Gasteiger partial charge on any atom is 0.222 e. The number of hydrogen-bond acceptors (Lipinski definition) is 4. The number of anilines is 1. The average Bonchev–Trinajstić information content (AvgIpc) is 2.93. The van der Waals surface area contributed by atoms with Crippen molar-refractivity contribution in [2.24, 2.45) is 5.10 Å². The molecule has 1 aromatic heterocycles. The molecule has 118 valence electrons. The van der Waals surface area contributed by atoms with Crippen molar-refractivity contribution in [3.05, 3.63) is 52.0 Å². The third-order valence-corrected chi connectivity index (χ3v) is 3.64. The van der Waals surface area contributed by atoms with Gasteiger partial charge in [-0.05, 0) is 36.8 Å². The Kier molecular flexibility index (Phi) is 4.69. The van der Waals surface area contributed by atoms with Gasteiger partial charge in [-0.25, -0.2) is 10.4 Å². The Morgan fingerprint density at radius 2 is 2.00 bits per heavy atom. The number of imidazole rings is 1. The Balaban J connectivity index is 1.75. The van der Waals surface area contributed by atoms with Gasteiger partial charge in [0.1, 0.15) is 0 Å². The highest BCUT2D eigenvalue weighted by molar-refractivity contribution is 6.37. The number of halogens is 2. The van der Waals surface area contributed by atoms with Gasteiger partial charge in [0.25, 0.3) is 0 Å². The van der Waals surface area contributed by atoms with Crippen LogP contribution in [0.1, 0.15) is 12.5 Å². The minimum Gasteiger partial charge on any atom is -0.491 e. The van der Waals surface area contributed by atoms with Crippen LogP contribution in [0.5, 0.6) is 5.75 Å². The Labute approximate surface area is 143 Å². The van der Waals surface area contributed by atoms with Gasteiger partial charge in [-0.2, -0.15) is 5.10 Å². The van der Waals surface area contributed by atoms with Crippen molar-refractivity contribution in [2.45, 2.75) is 6.92 Å². The molecule has 0 aliphatic rings. The second-order valence-corrected chi connectivity index (χ2v) is 5.53. The number of nitrogens with zero attached hydrogens (tertiary/aromatic N) is 2. The van der Waals surface area contributed by atoms with Gasteiger partial charge in [0.05, 0.1) is 33.9 Å². The SMILES string of the molecule is CCOc1c(Cl)cc(/C=N\Nc2nc3ccccc3[nH]2)cc1Cl. The van der Waals surface area contributed by atoms with Gasteiger partial charge in [0.15, 0.2) is 5.75 Å². The third kappa shape index (κ3) is 3.57. The van der Waals surface area contributed by atoms with Crippen molar-refractivity contribution >= 4 is 46.4 Å². The minimum absolute atomic E-state index is 0.449. The van der Waals surface area contributed by atoms with Gasteiger partial charge in [-0.15, -0.1) is 0 Å². The largest absolute Gasteiger partial charge is 0.491 e. The van der Waals surface area contributed by atoms with E-state index in [4.69, 9.17) is 27.9 Å². The van der Waals surface area contributed by atoms with Crippen LogP contribution >= 0.6 is 23.2 Å². The summed E-state index contributed by atoms with van der Waals surface area (Å²) in [6.07, 6.45) is 1.61. The molecule has 23 heavy (non-hydrogen) atoms. The summed E-state index contributed by atoms with van der Waals surface area (Å²) in [6.45, 7) is 2.37. The zero-order valence-electron chi connectivity index (χ0n) is 12.3. The third-order valence-electron chi connectivity index (χ3n) is 3.08. The van der Waals surface area contributed by atoms with Crippen molar-refractivity contribution in [1.29, 1.82) is 0 Å². The monoisotopic (exact) mass is 348 g/mol. The van der Waals surface area contributed by atoms with Gasteiger partial charge in [0.2, 0.25) is 5.95 Å². The molecule has 7 heteroatoms. The Hall–Kier alpha value is -2.24. The molecule has 0 atom stereocenters. The van der Waals surface area contributed by atoms with Crippen LogP contribution in [0.4, 0.5) is 5.95 Å². The molecule has 1 heterocycles.